The highest BCUT2D eigenvalue weighted by Gasteiger charge is 2.22. The van der Waals surface area contributed by atoms with Crippen LogP contribution in [0.2, 0.25) is 0 Å². The average molecular weight is 239 g/mol. The van der Waals surface area contributed by atoms with Gasteiger partial charge in [0, 0.05) is 18.2 Å². The second kappa shape index (κ2) is 4.73. The van der Waals surface area contributed by atoms with Gasteiger partial charge in [-0.05, 0) is 36.2 Å². The lowest BCUT2D eigenvalue weighted by Crippen LogP contribution is -2.03. The summed E-state index contributed by atoms with van der Waals surface area (Å²) < 4.78 is 5.48. The molecule has 0 aliphatic carbocycles. The molecule has 1 heterocycles. The van der Waals surface area contributed by atoms with E-state index in [9.17, 15) is 0 Å². The number of hydrogen-bond donors (Lipinski definition) is 1. The Kier molecular flexibility index (Phi) is 2.93. The van der Waals surface area contributed by atoms with Crippen LogP contribution in [-0.4, -0.2) is 13.2 Å². The third kappa shape index (κ3) is 1.94. The molecule has 0 spiro atoms. The van der Waals surface area contributed by atoms with Gasteiger partial charge in [-0.2, -0.15) is 0 Å². The fourth-order valence-corrected chi connectivity index (χ4v) is 2.54. The maximum atomic E-state index is 5.48. The number of fused-ring (bicyclic) bond motifs is 1. The van der Waals surface area contributed by atoms with E-state index in [0.717, 1.165) is 12.3 Å². The second-order valence-corrected chi connectivity index (χ2v) is 4.52. The number of hydrogen-bond acceptors (Lipinski definition) is 2. The number of ether oxygens (including phenoxy) is 1. The maximum Gasteiger partial charge on any atom is 0.119 e. The van der Waals surface area contributed by atoms with Crippen molar-refractivity contribution in [3.8, 4) is 5.75 Å². The molecule has 1 unspecified atom stereocenters. The summed E-state index contributed by atoms with van der Waals surface area (Å²) in [5.74, 6) is 1.40. The Balaban J connectivity index is 1.88. The van der Waals surface area contributed by atoms with Crippen molar-refractivity contribution in [1.82, 2.24) is 0 Å². The molecule has 2 aromatic rings. The smallest absolute Gasteiger partial charge is 0.119 e. The first kappa shape index (κ1) is 11.1. The zero-order valence-electron chi connectivity index (χ0n) is 10.5. The summed E-state index contributed by atoms with van der Waals surface area (Å²) >= 11 is 0. The van der Waals surface area contributed by atoms with Gasteiger partial charge < -0.3 is 10.1 Å². The first-order chi connectivity index (χ1) is 8.88. The normalized spacial score (nSPS) is 17.1. The Morgan fingerprint density at radius 2 is 1.89 bits per heavy atom. The Labute approximate surface area is 108 Å². The van der Waals surface area contributed by atoms with Crippen molar-refractivity contribution in [3.05, 3.63) is 59.7 Å². The van der Waals surface area contributed by atoms with E-state index >= 15 is 0 Å². The molecule has 0 radical (unpaired) electrons. The summed E-state index contributed by atoms with van der Waals surface area (Å²) in [6.45, 7) is 3.70. The van der Waals surface area contributed by atoms with Crippen LogP contribution in [0.5, 0.6) is 5.75 Å². The molecule has 3 rings (SSSR count). The highest BCUT2D eigenvalue weighted by atomic mass is 16.5. The van der Waals surface area contributed by atoms with Crippen LogP contribution in [0.3, 0.4) is 0 Å². The van der Waals surface area contributed by atoms with E-state index in [1.165, 1.54) is 16.8 Å². The molecule has 0 fully saturated rings. The molecule has 1 N–H and O–H groups in total. The van der Waals surface area contributed by atoms with Crippen LogP contribution in [-0.2, 0) is 0 Å². The molecule has 0 bridgehead atoms. The van der Waals surface area contributed by atoms with Crippen molar-refractivity contribution < 1.29 is 4.74 Å². The van der Waals surface area contributed by atoms with Crippen LogP contribution in [0.4, 0.5) is 5.69 Å². The number of rotatable bonds is 3. The number of anilines is 1. The molecule has 18 heavy (non-hydrogen) atoms. The highest BCUT2D eigenvalue weighted by Crippen LogP contribution is 2.36. The molecule has 1 aliphatic heterocycles. The van der Waals surface area contributed by atoms with Crippen molar-refractivity contribution in [2.75, 3.05) is 18.5 Å². The quantitative estimate of drug-likeness (QED) is 0.883. The summed E-state index contributed by atoms with van der Waals surface area (Å²) in [4.78, 5) is 0. The number of para-hydroxylation sites is 1. The third-order valence-corrected chi connectivity index (χ3v) is 3.43. The Morgan fingerprint density at radius 3 is 2.67 bits per heavy atom. The first-order valence-corrected chi connectivity index (χ1v) is 6.44. The molecule has 0 aromatic heterocycles. The summed E-state index contributed by atoms with van der Waals surface area (Å²) in [6, 6.07) is 17.0. The van der Waals surface area contributed by atoms with Gasteiger partial charge in [0.15, 0.2) is 0 Å². The highest BCUT2D eigenvalue weighted by molar-refractivity contribution is 5.60. The predicted octanol–water partition coefficient (Wildman–Crippen LogP) is 3.64. The van der Waals surface area contributed by atoms with Gasteiger partial charge in [0.25, 0.3) is 0 Å². The van der Waals surface area contributed by atoms with E-state index < -0.39 is 0 Å². The summed E-state index contributed by atoms with van der Waals surface area (Å²) in [5.41, 5.74) is 3.99. The van der Waals surface area contributed by atoms with E-state index in [1.54, 1.807) is 0 Å². The lowest BCUT2D eigenvalue weighted by Gasteiger charge is -2.11. The molecular weight excluding hydrogens is 222 g/mol. The first-order valence-electron chi connectivity index (χ1n) is 6.44. The largest absolute Gasteiger partial charge is 0.494 e. The molecule has 0 saturated heterocycles. The summed E-state index contributed by atoms with van der Waals surface area (Å²) in [7, 11) is 0. The molecule has 92 valence electrons. The van der Waals surface area contributed by atoms with E-state index in [-0.39, 0.29) is 0 Å². The van der Waals surface area contributed by atoms with Crippen molar-refractivity contribution in [2.24, 2.45) is 0 Å². The van der Waals surface area contributed by atoms with Crippen molar-refractivity contribution >= 4 is 5.69 Å². The van der Waals surface area contributed by atoms with E-state index in [4.69, 9.17) is 4.74 Å². The van der Waals surface area contributed by atoms with E-state index in [0.29, 0.717) is 12.5 Å². The van der Waals surface area contributed by atoms with Crippen LogP contribution in [0, 0.1) is 0 Å². The molecule has 2 nitrogen and oxygen atoms in total. The topological polar surface area (TPSA) is 21.3 Å². The predicted molar refractivity (Wildman–Crippen MR) is 74.4 cm³/mol. The Hall–Kier alpha value is -1.96. The van der Waals surface area contributed by atoms with Gasteiger partial charge in [0.05, 0.1) is 6.61 Å². The van der Waals surface area contributed by atoms with Gasteiger partial charge in [0.1, 0.15) is 5.75 Å². The lowest BCUT2D eigenvalue weighted by atomic mass is 9.93. The van der Waals surface area contributed by atoms with Gasteiger partial charge in [-0.1, -0.05) is 30.3 Å². The molecule has 1 aliphatic rings. The van der Waals surface area contributed by atoms with Crippen LogP contribution in [0.15, 0.2) is 48.5 Å². The van der Waals surface area contributed by atoms with Gasteiger partial charge in [-0.25, -0.2) is 0 Å². The molecule has 0 amide bonds. The lowest BCUT2D eigenvalue weighted by molar-refractivity contribution is 0.340. The zero-order chi connectivity index (χ0) is 12.4. The van der Waals surface area contributed by atoms with Crippen molar-refractivity contribution in [2.45, 2.75) is 12.8 Å². The number of nitrogens with one attached hydrogen (secondary N) is 1. The molecule has 2 aromatic carbocycles. The monoisotopic (exact) mass is 239 g/mol. The van der Waals surface area contributed by atoms with Crippen LogP contribution in [0.1, 0.15) is 24.0 Å². The van der Waals surface area contributed by atoms with E-state index in [2.05, 4.69) is 53.8 Å². The maximum absolute atomic E-state index is 5.48. The van der Waals surface area contributed by atoms with Gasteiger partial charge >= 0.3 is 0 Å². The minimum absolute atomic E-state index is 0.455. The number of benzene rings is 2. The summed E-state index contributed by atoms with van der Waals surface area (Å²) in [6.07, 6.45) is 0. The van der Waals surface area contributed by atoms with Crippen LogP contribution >= 0.6 is 0 Å². The van der Waals surface area contributed by atoms with Crippen molar-refractivity contribution in [1.29, 1.82) is 0 Å². The van der Waals surface area contributed by atoms with Crippen LogP contribution < -0.4 is 10.1 Å². The minimum Gasteiger partial charge on any atom is -0.494 e. The fourth-order valence-electron chi connectivity index (χ4n) is 2.54. The third-order valence-electron chi connectivity index (χ3n) is 3.43. The zero-order valence-corrected chi connectivity index (χ0v) is 10.5. The van der Waals surface area contributed by atoms with Gasteiger partial charge in [-0.15, -0.1) is 0 Å². The van der Waals surface area contributed by atoms with E-state index in [1.807, 2.05) is 6.92 Å². The average Bonchev–Trinajstić information content (AvgIpc) is 2.84. The second-order valence-electron chi connectivity index (χ2n) is 4.52. The van der Waals surface area contributed by atoms with Gasteiger partial charge in [0.2, 0.25) is 0 Å². The molecule has 1 atom stereocenters. The van der Waals surface area contributed by atoms with Crippen LogP contribution in [0.25, 0.3) is 0 Å². The molecule has 2 heteroatoms. The Morgan fingerprint density at radius 1 is 1.11 bits per heavy atom. The van der Waals surface area contributed by atoms with Crippen molar-refractivity contribution in [3.63, 3.8) is 0 Å². The fraction of sp³-hybridized carbons (Fsp3) is 0.250. The SMILES string of the molecule is CCOc1ccc(C2CNc3ccccc32)cc1. The van der Waals surface area contributed by atoms with Gasteiger partial charge in [-0.3, -0.25) is 0 Å². The minimum atomic E-state index is 0.455. The summed E-state index contributed by atoms with van der Waals surface area (Å²) in [5, 5.41) is 3.46. The standard InChI is InChI=1S/C16H17NO/c1-2-18-13-9-7-12(8-10-13)15-11-17-16-6-4-3-5-14(15)16/h3-10,15,17H,2,11H2,1H3. The Bertz CT molecular complexity index is 533. The molecule has 0 saturated carbocycles. The molecular formula is C16H17NO.